The molecule has 66 valence electrons. The number of hydrogen-bond donors (Lipinski definition) is 2. The van der Waals surface area contributed by atoms with Crippen molar-refractivity contribution < 1.29 is 0 Å². The largest absolute Gasteiger partial charge is 0.314 e. The van der Waals surface area contributed by atoms with Gasteiger partial charge in [-0.25, -0.2) is 0 Å². The molecule has 1 atom stereocenters. The monoisotopic (exact) mass is 165 g/mol. The molecule has 12 heavy (non-hydrogen) atoms. The van der Waals surface area contributed by atoms with Gasteiger partial charge < -0.3 is 5.32 Å². The fourth-order valence-electron chi connectivity index (χ4n) is 1.46. The van der Waals surface area contributed by atoms with Crippen LogP contribution in [0.1, 0.15) is 12.8 Å². The molecule has 0 aliphatic carbocycles. The topological polar surface area (TPSA) is 47.9 Å². The lowest BCUT2D eigenvalue weighted by Gasteiger charge is -2.31. The maximum Gasteiger partial charge on any atom is 0.119 e. The third-order valence-electron chi connectivity index (χ3n) is 2.18. The van der Waals surface area contributed by atoms with Crippen LogP contribution in [-0.2, 0) is 0 Å². The first-order chi connectivity index (χ1) is 5.83. The molecule has 0 saturated carbocycles. The lowest BCUT2D eigenvalue weighted by molar-refractivity contribution is 0.326. The highest BCUT2D eigenvalue weighted by Gasteiger charge is 2.30. The Morgan fingerprint density at radius 2 is 2.58 bits per heavy atom. The Kier molecular flexibility index (Phi) is 3.27. The van der Waals surface area contributed by atoms with Crippen molar-refractivity contribution >= 4 is 0 Å². The molecule has 1 rings (SSSR count). The molecule has 0 bridgehead atoms. The van der Waals surface area contributed by atoms with E-state index in [4.69, 9.17) is 5.26 Å². The molecule has 3 heteroatoms. The summed E-state index contributed by atoms with van der Waals surface area (Å²) < 4.78 is 0. The summed E-state index contributed by atoms with van der Waals surface area (Å²) in [5.74, 6) is 0. The molecule has 1 fully saturated rings. The first-order valence-corrected chi connectivity index (χ1v) is 4.31. The van der Waals surface area contributed by atoms with Gasteiger partial charge in [-0.2, -0.15) is 5.26 Å². The van der Waals surface area contributed by atoms with Crippen LogP contribution in [0.5, 0.6) is 0 Å². The summed E-state index contributed by atoms with van der Waals surface area (Å²) in [6, 6.07) is 2.33. The Morgan fingerprint density at radius 1 is 1.75 bits per heavy atom. The van der Waals surface area contributed by atoms with Gasteiger partial charge in [-0.05, 0) is 19.4 Å². The second-order valence-electron chi connectivity index (χ2n) is 3.14. The van der Waals surface area contributed by atoms with E-state index in [0.717, 1.165) is 25.9 Å². The Morgan fingerprint density at radius 3 is 3.08 bits per heavy atom. The number of piperidine rings is 1. The Bertz CT molecular complexity index is 186. The molecule has 1 aliphatic heterocycles. The SMILES string of the molecule is C=CCNC1(C#N)CCCNC1. The van der Waals surface area contributed by atoms with Crippen LogP contribution in [0.3, 0.4) is 0 Å². The predicted molar refractivity (Wildman–Crippen MR) is 48.6 cm³/mol. The van der Waals surface area contributed by atoms with Gasteiger partial charge in [-0.15, -0.1) is 6.58 Å². The number of nitrogens with zero attached hydrogens (tertiary/aromatic N) is 1. The van der Waals surface area contributed by atoms with Crippen LogP contribution in [0, 0.1) is 11.3 Å². The average Bonchev–Trinajstić information content (AvgIpc) is 2.16. The minimum atomic E-state index is -0.355. The third-order valence-corrected chi connectivity index (χ3v) is 2.18. The standard InChI is InChI=1S/C9H15N3/c1-2-5-12-9(7-10)4-3-6-11-8-9/h2,11-12H,1,3-6,8H2. The van der Waals surface area contributed by atoms with Gasteiger partial charge >= 0.3 is 0 Å². The van der Waals surface area contributed by atoms with Gasteiger partial charge in [0.1, 0.15) is 5.54 Å². The van der Waals surface area contributed by atoms with E-state index in [-0.39, 0.29) is 5.54 Å². The lowest BCUT2D eigenvalue weighted by atomic mass is 9.92. The number of nitriles is 1. The minimum Gasteiger partial charge on any atom is -0.314 e. The molecule has 0 spiro atoms. The smallest absolute Gasteiger partial charge is 0.119 e. The molecule has 0 aromatic rings. The summed E-state index contributed by atoms with van der Waals surface area (Å²) in [5.41, 5.74) is -0.355. The Hall–Kier alpha value is -0.850. The third kappa shape index (κ3) is 2.07. The average molecular weight is 165 g/mol. The Labute approximate surface area is 73.5 Å². The summed E-state index contributed by atoms with van der Waals surface area (Å²) in [6.45, 7) is 6.10. The van der Waals surface area contributed by atoms with Crippen molar-refractivity contribution in [2.75, 3.05) is 19.6 Å². The van der Waals surface area contributed by atoms with Gasteiger partial charge in [-0.1, -0.05) is 6.08 Å². The zero-order chi connectivity index (χ0) is 8.86. The molecule has 3 nitrogen and oxygen atoms in total. The van der Waals surface area contributed by atoms with Crippen LogP contribution >= 0.6 is 0 Å². The Balaban J connectivity index is 2.49. The normalized spacial score (nSPS) is 29.2. The maximum absolute atomic E-state index is 8.98. The summed E-state index contributed by atoms with van der Waals surface area (Å²) in [6.07, 6.45) is 3.79. The van der Waals surface area contributed by atoms with E-state index < -0.39 is 0 Å². The highest BCUT2D eigenvalue weighted by atomic mass is 15.0. The molecule has 0 aromatic carbocycles. The molecule has 0 amide bonds. The first-order valence-electron chi connectivity index (χ1n) is 4.31. The van der Waals surface area contributed by atoms with Crippen molar-refractivity contribution in [3.05, 3.63) is 12.7 Å². The van der Waals surface area contributed by atoms with E-state index in [9.17, 15) is 0 Å². The van der Waals surface area contributed by atoms with Gasteiger partial charge in [0.05, 0.1) is 6.07 Å². The zero-order valence-electron chi connectivity index (χ0n) is 7.27. The number of hydrogen-bond acceptors (Lipinski definition) is 3. The first kappa shape index (κ1) is 9.24. The summed E-state index contributed by atoms with van der Waals surface area (Å²) >= 11 is 0. The van der Waals surface area contributed by atoms with Crippen molar-refractivity contribution in [3.8, 4) is 6.07 Å². The van der Waals surface area contributed by atoms with E-state index >= 15 is 0 Å². The van der Waals surface area contributed by atoms with Crippen molar-refractivity contribution in [3.63, 3.8) is 0 Å². The number of nitrogens with one attached hydrogen (secondary N) is 2. The molecule has 1 saturated heterocycles. The quantitative estimate of drug-likeness (QED) is 0.595. The van der Waals surface area contributed by atoms with Crippen LogP contribution in [0.2, 0.25) is 0 Å². The summed E-state index contributed by atoms with van der Waals surface area (Å²) in [4.78, 5) is 0. The molecule has 0 aromatic heterocycles. The molecule has 2 N–H and O–H groups in total. The fraction of sp³-hybridized carbons (Fsp3) is 0.667. The molecule has 1 unspecified atom stereocenters. The van der Waals surface area contributed by atoms with Crippen LogP contribution in [0.4, 0.5) is 0 Å². The van der Waals surface area contributed by atoms with E-state index in [1.807, 2.05) is 0 Å². The van der Waals surface area contributed by atoms with E-state index in [0.29, 0.717) is 6.54 Å². The number of rotatable bonds is 3. The summed E-state index contributed by atoms with van der Waals surface area (Å²) in [5, 5.41) is 15.4. The highest BCUT2D eigenvalue weighted by molar-refractivity contribution is 5.10. The summed E-state index contributed by atoms with van der Waals surface area (Å²) in [7, 11) is 0. The highest BCUT2D eigenvalue weighted by Crippen LogP contribution is 2.14. The van der Waals surface area contributed by atoms with Gasteiger partial charge in [0.25, 0.3) is 0 Å². The maximum atomic E-state index is 8.98. The van der Waals surface area contributed by atoms with Crippen LogP contribution in [0.15, 0.2) is 12.7 Å². The van der Waals surface area contributed by atoms with Gasteiger partial charge in [0.2, 0.25) is 0 Å². The van der Waals surface area contributed by atoms with Crippen molar-refractivity contribution in [2.45, 2.75) is 18.4 Å². The fourth-order valence-corrected chi connectivity index (χ4v) is 1.46. The van der Waals surface area contributed by atoms with Crippen LogP contribution < -0.4 is 10.6 Å². The van der Waals surface area contributed by atoms with Crippen LogP contribution in [0.25, 0.3) is 0 Å². The predicted octanol–water partition coefficient (Wildman–Crippen LogP) is 0.408. The molecular formula is C9H15N3. The molecule has 1 aliphatic rings. The van der Waals surface area contributed by atoms with E-state index in [1.165, 1.54) is 0 Å². The second-order valence-corrected chi connectivity index (χ2v) is 3.14. The van der Waals surface area contributed by atoms with Crippen LogP contribution in [-0.4, -0.2) is 25.2 Å². The molecule has 1 heterocycles. The minimum absolute atomic E-state index is 0.355. The van der Waals surface area contributed by atoms with Crippen molar-refractivity contribution in [2.24, 2.45) is 0 Å². The zero-order valence-corrected chi connectivity index (χ0v) is 7.27. The van der Waals surface area contributed by atoms with Gasteiger partial charge in [0.15, 0.2) is 0 Å². The van der Waals surface area contributed by atoms with Crippen molar-refractivity contribution in [1.82, 2.24) is 10.6 Å². The van der Waals surface area contributed by atoms with E-state index in [2.05, 4.69) is 23.3 Å². The second kappa shape index (κ2) is 4.24. The lowest BCUT2D eigenvalue weighted by Crippen LogP contribution is -2.54. The van der Waals surface area contributed by atoms with Gasteiger partial charge in [-0.3, -0.25) is 5.32 Å². The molecule has 0 radical (unpaired) electrons. The van der Waals surface area contributed by atoms with Crippen molar-refractivity contribution in [1.29, 1.82) is 5.26 Å². The van der Waals surface area contributed by atoms with E-state index in [1.54, 1.807) is 6.08 Å². The van der Waals surface area contributed by atoms with Gasteiger partial charge in [0, 0.05) is 13.1 Å². The molecular weight excluding hydrogens is 150 g/mol.